The molecule has 0 bridgehead atoms. The largest absolute Gasteiger partial charge is 0.464 e. The van der Waals surface area contributed by atoms with Crippen molar-refractivity contribution in [3.05, 3.63) is 12.2 Å². The number of rotatable bonds is 8. The standard InChI is InChI=1S/C18H27NO4/c1-3-5-11-15(18(22)23-12-6-4-2)19-16(20)13-9-7-8-10-14(13)17(19)21/h7,9,13-15H,3-6,8,10-12H2,1-2H3. The van der Waals surface area contributed by atoms with Gasteiger partial charge in [0.05, 0.1) is 18.4 Å². The summed E-state index contributed by atoms with van der Waals surface area (Å²) in [4.78, 5) is 38.9. The van der Waals surface area contributed by atoms with E-state index in [1.165, 1.54) is 4.90 Å². The van der Waals surface area contributed by atoms with Gasteiger partial charge in [0.1, 0.15) is 6.04 Å². The summed E-state index contributed by atoms with van der Waals surface area (Å²) in [5.41, 5.74) is 0. The fourth-order valence-corrected chi connectivity index (χ4v) is 3.28. The molecule has 128 valence electrons. The van der Waals surface area contributed by atoms with Gasteiger partial charge in [-0.1, -0.05) is 45.3 Å². The summed E-state index contributed by atoms with van der Waals surface area (Å²) in [5.74, 6) is -1.54. The predicted octanol–water partition coefficient (Wildman–Crippen LogP) is 2.84. The molecule has 3 atom stereocenters. The minimum atomic E-state index is -0.759. The van der Waals surface area contributed by atoms with Crippen molar-refractivity contribution in [2.75, 3.05) is 6.61 Å². The molecule has 2 rings (SSSR count). The molecule has 5 heteroatoms. The summed E-state index contributed by atoms with van der Waals surface area (Å²) in [6.07, 6.45) is 9.19. The van der Waals surface area contributed by atoms with E-state index >= 15 is 0 Å². The van der Waals surface area contributed by atoms with E-state index < -0.39 is 12.0 Å². The quantitative estimate of drug-likeness (QED) is 0.298. The fourth-order valence-electron chi connectivity index (χ4n) is 3.28. The Morgan fingerprint density at radius 1 is 1.26 bits per heavy atom. The molecule has 1 aliphatic heterocycles. The van der Waals surface area contributed by atoms with Crippen molar-refractivity contribution >= 4 is 17.8 Å². The van der Waals surface area contributed by atoms with Crippen LogP contribution in [0.4, 0.5) is 0 Å². The molecule has 0 aromatic heterocycles. The number of likely N-dealkylation sites (tertiary alicyclic amines) is 1. The Bertz CT molecular complexity index is 485. The summed E-state index contributed by atoms with van der Waals surface area (Å²) in [6, 6.07) is -0.759. The van der Waals surface area contributed by atoms with Gasteiger partial charge < -0.3 is 4.74 Å². The van der Waals surface area contributed by atoms with Crippen LogP contribution in [-0.2, 0) is 19.1 Å². The van der Waals surface area contributed by atoms with E-state index in [9.17, 15) is 14.4 Å². The Kier molecular flexibility index (Phi) is 6.37. The maximum atomic E-state index is 12.7. The van der Waals surface area contributed by atoms with E-state index in [-0.39, 0.29) is 23.7 Å². The third-order valence-corrected chi connectivity index (χ3v) is 4.66. The molecule has 1 heterocycles. The highest BCUT2D eigenvalue weighted by Gasteiger charge is 2.50. The SMILES string of the molecule is CCCCOC(=O)C(CCCC)N1C(=O)C2C=CCCC2C1=O. The Hall–Kier alpha value is -1.65. The highest BCUT2D eigenvalue weighted by atomic mass is 16.5. The van der Waals surface area contributed by atoms with Crippen molar-refractivity contribution in [1.82, 2.24) is 4.90 Å². The molecule has 0 spiro atoms. The molecule has 0 saturated carbocycles. The zero-order valence-electron chi connectivity index (χ0n) is 14.1. The summed E-state index contributed by atoms with van der Waals surface area (Å²) in [5, 5.41) is 0. The van der Waals surface area contributed by atoms with Crippen molar-refractivity contribution in [2.45, 2.75) is 64.8 Å². The van der Waals surface area contributed by atoms with Crippen LogP contribution in [0, 0.1) is 11.8 Å². The van der Waals surface area contributed by atoms with E-state index in [1.807, 2.05) is 26.0 Å². The summed E-state index contributed by atoms with van der Waals surface area (Å²) >= 11 is 0. The number of carbonyl (C=O) groups excluding carboxylic acids is 3. The molecular weight excluding hydrogens is 294 g/mol. The Morgan fingerprint density at radius 3 is 2.65 bits per heavy atom. The van der Waals surface area contributed by atoms with Crippen molar-refractivity contribution < 1.29 is 19.1 Å². The minimum absolute atomic E-state index is 0.196. The van der Waals surface area contributed by atoms with Gasteiger partial charge in [-0.05, 0) is 25.7 Å². The van der Waals surface area contributed by atoms with Crippen LogP contribution in [0.2, 0.25) is 0 Å². The maximum absolute atomic E-state index is 12.7. The van der Waals surface area contributed by atoms with E-state index in [4.69, 9.17) is 4.74 Å². The van der Waals surface area contributed by atoms with Crippen LogP contribution in [0.15, 0.2) is 12.2 Å². The Labute approximate surface area is 138 Å². The molecule has 0 radical (unpaired) electrons. The molecule has 3 unspecified atom stereocenters. The molecule has 5 nitrogen and oxygen atoms in total. The zero-order chi connectivity index (χ0) is 16.8. The molecule has 2 amide bonds. The van der Waals surface area contributed by atoms with E-state index in [0.717, 1.165) is 32.1 Å². The van der Waals surface area contributed by atoms with Crippen LogP contribution < -0.4 is 0 Å². The van der Waals surface area contributed by atoms with Crippen LogP contribution in [0.5, 0.6) is 0 Å². The highest BCUT2D eigenvalue weighted by molar-refractivity contribution is 6.08. The topological polar surface area (TPSA) is 63.7 Å². The van der Waals surface area contributed by atoms with Gasteiger partial charge in [0.15, 0.2) is 0 Å². The van der Waals surface area contributed by atoms with Crippen molar-refractivity contribution in [3.8, 4) is 0 Å². The molecule has 23 heavy (non-hydrogen) atoms. The first-order chi connectivity index (χ1) is 11.1. The van der Waals surface area contributed by atoms with Gasteiger partial charge in [0.25, 0.3) is 0 Å². The number of esters is 1. The van der Waals surface area contributed by atoms with E-state index in [0.29, 0.717) is 19.4 Å². The normalized spacial score (nSPS) is 24.7. The van der Waals surface area contributed by atoms with Crippen LogP contribution in [0.1, 0.15) is 58.8 Å². The number of allylic oxidation sites excluding steroid dienone is 1. The van der Waals surface area contributed by atoms with Crippen LogP contribution in [0.3, 0.4) is 0 Å². The number of unbranched alkanes of at least 4 members (excludes halogenated alkanes) is 2. The number of hydrogen-bond acceptors (Lipinski definition) is 4. The van der Waals surface area contributed by atoms with Crippen molar-refractivity contribution in [2.24, 2.45) is 11.8 Å². The van der Waals surface area contributed by atoms with Gasteiger partial charge >= 0.3 is 5.97 Å². The number of ether oxygens (including phenoxy) is 1. The second-order valence-electron chi connectivity index (χ2n) is 6.36. The molecule has 1 aliphatic carbocycles. The number of amides is 2. The molecule has 2 aliphatic rings. The second kappa shape index (κ2) is 8.27. The summed E-state index contributed by atoms with van der Waals surface area (Å²) in [6.45, 7) is 4.39. The maximum Gasteiger partial charge on any atom is 0.329 e. The van der Waals surface area contributed by atoms with Crippen molar-refractivity contribution in [3.63, 3.8) is 0 Å². The van der Waals surface area contributed by atoms with Gasteiger partial charge in [-0.3, -0.25) is 14.5 Å². The van der Waals surface area contributed by atoms with Gasteiger partial charge in [0.2, 0.25) is 11.8 Å². The van der Waals surface area contributed by atoms with Gasteiger partial charge in [-0.15, -0.1) is 0 Å². The lowest BCUT2D eigenvalue weighted by Crippen LogP contribution is -2.46. The average Bonchev–Trinajstić information content (AvgIpc) is 2.81. The summed E-state index contributed by atoms with van der Waals surface area (Å²) < 4.78 is 5.30. The van der Waals surface area contributed by atoms with Gasteiger partial charge in [-0.2, -0.15) is 0 Å². The lowest BCUT2D eigenvalue weighted by atomic mass is 9.86. The Morgan fingerprint density at radius 2 is 2.00 bits per heavy atom. The first-order valence-corrected chi connectivity index (χ1v) is 8.82. The third kappa shape index (κ3) is 3.82. The van der Waals surface area contributed by atoms with Crippen LogP contribution >= 0.6 is 0 Å². The lowest BCUT2D eigenvalue weighted by Gasteiger charge is -2.25. The van der Waals surface area contributed by atoms with Crippen molar-refractivity contribution in [1.29, 1.82) is 0 Å². The van der Waals surface area contributed by atoms with Crippen LogP contribution in [-0.4, -0.2) is 35.3 Å². The molecule has 0 aromatic rings. The third-order valence-electron chi connectivity index (χ3n) is 4.66. The number of imide groups is 1. The molecule has 0 N–H and O–H groups in total. The fraction of sp³-hybridized carbons (Fsp3) is 0.722. The monoisotopic (exact) mass is 321 g/mol. The minimum Gasteiger partial charge on any atom is -0.464 e. The smallest absolute Gasteiger partial charge is 0.329 e. The number of hydrogen-bond donors (Lipinski definition) is 0. The number of fused-ring (bicyclic) bond motifs is 1. The van der Waals surface area contributed by atoms with E-state index in [2.05, 4.69) is 0 Å². The Balaban J connectivity index is 2.14. The van der Waals surface area contributed by atoms with Crippen LogP contribution in [0.25, 0.3) is 0 Å². The van der Waals surface area contributed by atoms with E-state index in [1.54, 1.807) is 0 Å². The first kappa shape index (κ1) is 17.7. The highest BCUT2D eigenvalue weighted by Crippen LogP contribution is 2.36. The number of nitrogens with zero attached hydrogens (tertiary/aromatic N) is 1. The molecular formula is C18H27NO4. The number of carbonyl (C=O) groups is 3. The molecule has 1 saturated heterocycles. The summed E-state index contributed by atoms with van der Waals surface area (Å²) in [7, 11) is 0. The van der Waals surface area contributed by atoms with Gasteiger partial charge in [-0.25, -0.2) is 4.79 Å². The lowest BCUT2D eigenvalue weighted by molar-refractivity contribution is -0.159. The second-order valence-corrected chi connectivity index (χ2v) is 6.36. The average molecular weight is 321 g/mol. The first-order valence-electron chi connectivity index (χ1n) is 8.82. The zero-order valence-corrected chi connectivity index (χ0v) is 14.1. The predicted molar refractivity (Wildman–Crippen MR) is 86.4 cm³/mol. The molecule has 1 fully saturated rings. The molecule has 0 aromatic carbocycles. The van der Waals surface area contributed by atoms with Gasteiger partial charge in [0, 0.05) is 0 Å².